The second kappa shape index (κ2) is 8.83. The van der Waals surface area contributed by atoms with E-state index in [-0.39, 0.29) is 6.04 Å². The molecule has 31 heavy (non-hydrogen) atoms. The van der Waals surface area contributed by atoms with E-state index in [0.717, 1.165) is 16.7 Å². The van der Waals surface area contributed by atoms with Crippen molar-refractivity contribution in [3.63, 3.8) is 0 Å². The van der Waals surface area contributed by atoms with Gasteiger partial charge in [-0.3, -0.25) is 4.99 Å². The highest BCUT2D eigenvalue weighted by molar-refractivity contribution is 6.47. The molecule has 2 N–H and O–H groups in total. The number of nitrogens with one attached hydrogen (secondary N) is 2. The first-order valence-electron chi connectivity index (χ1n) is 9.99. The van der Waals surface area contributed by atoms with Gasteiger partial charge >= 0.3 is 0 Å². The Hall–Kier alpha value is -3.93. The molecule has 4 rings (SSSR count). The zero-order valence-corrected chi connectivity index (χ0v) is 17.1. The lowest BCUT2D eigenvalue weighted by atomic mass is 9.84. The van der Waals surface area contributed by atoms with Crippen LogP contribution in [0.15, 0.2) is 89.0 Å². The molecule has 0 aliphatic carbocycles. The lowest BCUT2D eigenvalue weighted by Gasteiger charge is -2.20. The van der Waals surface area contributed by atoms with Gasteiger partial charge < -0.3 is 15.6 Å². The summed E-state index contributed by atoms with van der Waals surface area (Å²) in [6.07, 6.45) is 0. The highest BCUT2D eigenvalue weighted by Crippen LogP contribution is 2.36. The summed E-state index contributed by atoms with van der Waals surface area (Å²) in [6.45, 7) is 2.21. The number of benzene rings is 3. The van der Waals surface area contributed by atoms with Crippen molar-refractivity contribution in [3.8, 4) is 5.75 Å². The van der Waals surface area contributed by atoms with Gasteiger partial charge in [0.1, 0.15) is 18.0 Å². The maximum absolute atomic E-state index is 10.5. The Morgan fingerprint density at radius 1 is 1.00 bits per heavy atom. The van der Waals surface area contributed by atoms with E-state index in [4.69, 9.17) is 15.6 Å². The third kappa shape index (κ3) is 4.33. The van der Waals surface area contributed by atoms with Crippen LogP contribution in [0.1, 0.15) is 29.7 Å². The zero-order chi connectivity index (χ0) is 21.8. The van der Waals surface area contributed by atoms with Crippen LogP contribution in [0.25, 0.3) is 0 Å². The Balaban J connectivity index is 1.49. The van der Waals surface area contributed by atoms with Crippen molar-refractivity contribution in [1.82, 2.24) is 0 Å². The third-order valence-corrected chi connectivity index (χ3v) is 5.41. The fraction of sp³-hybridized carbons (Fsp3) is 0.160. The average molecular weight is 410 g/mol. The molecule has 2 atom stereocenters. The van der Waals surface area contributed by atoms with Crippen molar-refractivity contribution >= 4 is 22.8 Å². The Morgan fingerprint density at radius 2 is 1.68 bits per heavy atom. The van der Waals surface area contributed by atoms with Crippen LogP contribution in [0.5, 0.6) is 5.75 Å². The molecule has 0 radical (unpaired) electrons. The molecule has 0 saturated heterocycles. The maximum atomic E-state index is 10.5. The first kappa shape index (κ1) is 20.3. The molecule has 6 nitrogen and oxygen atoms in total. The fourth-order valence-electron chi connectivity index (χ4n) is 3.68. The Kier molecular flexibility index (Phi) is 5.80. The number of ether oxygens (including phenoxy) is 1. The van der Waals surface area contributed by atoms with E-state index in [2.05, 4.69) is 10.2 Å². The van der Waals surface area contributed by atoms with Gasteiger partial charge in [-0.15, -0.1) is 4.91 Å². The lowest BCUT2D eigenvalue weighted by molar-refractivity contribution is 0.306. The Morgan fingerprint density at radius 3 is 2.32 bits per heavy atom. The van der Waals surface area contributed by atoms with E-state index in [1.54, 1.807) is 12.1 Å². The van der Waals surface area contributed by atoms with Crippen LogP contribution in [0.3, 0.4) is 0 Å². The van der Waals surface area contributed by atoms with Crippen molar-refractivity contribution in [2.24, 2.45) is 16.1 Å². The quantitative estimate of drug-likeness (QED) is 0.375. The summed E-state index contributed by atoms with van der Waals surface area (Å²) < 4.78 is 5.84. The molecule has 0 aromatic heterocycles. The molecule has 3 aromatic rings. The third-order valence-electron chi connectivity index (χ3n) is 5.41. The lowest BCUT2D eigenvalue weighted by Crippen LogP contribution is -2.27. The Labute approximate surface area is 180 Å². The minimum absolute atomic E-state index is 0.294. The summed E-state index contributed by atoms with van der Waals surface area (Å²) in [4.78, 5) is 15.2. The monoisotopic (exact) mass is 410 g/mol. The first-order chi connectivity index (χ1) is 15.1. The number of nitrogens with zero attached hydrogens (tertiary/aromatic N) is 2. The number of rotatable bonds is 7. The van der Waals surface area contributed by atoms with Gasteiger partial charge in [-0.1, -0.05) is 54.6 Å². The molecule has 0 saturated carbocycles. The highest BCUT2D eigenvalue weighted by Gasteiger charge is 2.37. The molecule has 1 aliphatic rings. The number of aliphatic imine (C=N–C) groups is 1. The van der Waals surface area contributed by atoms with Gasteiger partial charge in [0, 0.05) is 0 Å². The molecular weight excluding hydrogens is 388 g/mol. The van der Waals surface area contributed by atoms with Crippen molar-refractivity contribution in [2.75, 3.05) is 0 Å². The summed E-state index contributed by atoms with van der Waals surface area (Å²) in [5.74, 6) is 0.309. The van der Waals surface area contributed by atoms with Gasteiger partial charge in [-0.2, -0.15) is 0 Å². The van der Waals surface area contributed by atoms with Crippen molar-refractivity contribution in [3.05, 3.63) is 100 Å². The maximum Gasteiger partial charge on any atom is 0.119 e. The summed E-state index contributed by atoms with van der Waals surface area (Å²) in [7, 11) is 0. The molecule has 6 heteroatoms. The molecule has 0 fully saturated rings. The summed E-state index contributed by atoms with van der Waals surface area (Å²) >= 11 is 0. The van der Waals surface area contributed by atoms with Gasteiger partial charge in [0.05, 0.1) is 29.1 Å². The Bertz CT molecular complexity index is 1140. The minimum atomic E-state index is -0.404. The summed E-state index contributed by atoms with van der Waals surface area (Å²) in [5.41, 5.74) is 4.56. The minimum Gasteiger partial charge on any atom is -0.489 e. The predicted molar refractivity (Wildman–Crippen MR) is 123 cm³/mol. The molecule has 154 valence electrons. The van der Waals surface area contributed by atoms with Gasteiger partial charge in [0.15, 0.2) is 0 Å². The topological polar surface area (TPSA) is 98.7 Å². The van der Waals surface area contributed by atoms with E-state index in [0.29, 0.717) is 35.2 Å². The van der Waals surface area contributed by atoms with E-state index in [9.17, 15) is 4.91 Å². The van der Waals surface area contributed by atoms with Gasteiger partial charge in [0.25, 0.3) is 0 Å². The molecule has 1 aliphatic heterocycles. The smallest absolute Gasteiger partial charge is 0.119 e. The second-order valence-corrected chi connectivity index (χ2v) is 7.45. The van der Waals surface area contributed by atoms with E-state index in [1.807, 2.05) is 73.7 Å². The van der Waals surface area contributed by atoms with Crippen LogP contribution in [-0.4, -0.2) is 17.1 Å². The van der Waals surface area contributed by atoms with Gasteiger partial charge in [-0.25, -0.2) is 0 Å². The van der Waals surface area contributed by atoms with Gasteiger partial charge in [-0.05, 0) is 53.1 Å². The number of nitroso groups, excluding NO2 is 1. The highest BCUT2D eigenvalue weighted by atomic mass is 16.5. The first-order valence-corrected chi connectivity index (χ1v) is 9.99. The second-order valence-electron chi connectivity index (χ2n) is 7.45. The molecular formula is C25H22N4O2. The van der Waals surface area contributed by atoms with Crippen LogP contribution in [0.2, 0.25) is 0 Å². The average Bonchev–Trinajstić information content (AvgIpc) is 3.12. The largest absolute Gasteiger partial charge is 0.489 e. The van der Waals surface area contributed by atoms with Crippen LogP contribution in [-0.2, 0) is 6.61 Å². The molecule has 0 spiro atoms. The summed E-state index contributed by atoms with van der Waals surface area (Å²) in [5, 5.41) is 20.1. The zero-order valence-electron chi connectivity index (χ0n) is 17.1. The summed E-state index contributed by atoms with van der Waals surface area (Å²) in [6, 6.07) is 23.8. The normalized spacial score (nSPS) is 17.8. The number of hydrogen-bond donors (Lipinski definition) is 2. The van der Waals surface area contributed by atoms with Crippen LogP contribution < -0.4 is 4.74 Å². The van der Waals surface area contributed by atoms with Crippen LogP contribution >= 0.6 is 0 Å². The molecule has 2 unspecified atom stereocenters. The van der Waals surface area contributed by atoms with Crippen LogP contribution in [0, 0.1) is 21.6 Å². The standard InChI is InChI=1S/C25H22N4O2/c1-16-23(26)22(24(27)18-5-3-2-4-6-18)25(28-16)19-9-13-21(14-10-19)31-15-17-7-11-20(29-30)12-8-17/h2-14,22,25-27H,15H2,1H3. The van der Waals surface area contributed by atoms with E-state index < -0.39 is 5.92 Å². The van der Waals surface area contributed by atoms with Crippen molar-refractivity contribution < 1.29 is 4.74 Å². The SMILES string of the molecule is CC1=NC(c2ccc(OCc3ccc(N=O)cc3)cc2)C(C(=N)c2ccccc2)C1=N. The van der Waals surface area contributed by atoms with Gasteiger partial charge in [0.2, 0.25) is 0 Å². The number of hydrogen-bond acceptors (Lipinski definition) is 6. The fourth-order valence-corrected chi connectivity index (χ4v) is 3.68. The predicted octanol–water partition coefficient (Wildman–Crippen LogP) is 5.88. The van der Waals surface area contributed by atoms with Crippen LogP contribution in [0.4, 0.5) is 5.69 Å². The van der Waals surface area contributed by atoms with E-state index >= 15 is 0 Å². The van der Waals surface area contributed by atoms with Crippen molar-refractivity contribution in [1.29, 1.82) is 10.8 Å². The molecule has 1 heterocycles. The molecule has 0 bridgehead atoms. The van der Waals surface area contributed by atoms with E-state index in [1.165, 1.54) is 0 Å². The molecule has 0 amide bonds. The van der Waals surface area contributed by atoms with Crippen molar-refractivity contribution in [2.45, 2.75) is 19.6 Å². The molecule has 3 aromatic carbocycles.